The number of hydrogen-bond acceptors (Lipinski definition) is 6. The van der Waals surface area contributed by atoms with E-state index >= 15 is 0 Å². The summed E-state index contributed by atoms with van der Waals surface area (Å²) in [4.78, 5) is 20.6. The number of ether oxygens (including phenoxy) is 1. The summed E-state index contributed by atoms with van der Waals surface area (Å²) < 4.78 is 6.53. The summed E-state index contributed by atoms with van der Waals surface area (Å²) in [6.45, 7) is 0. The minimum atomic E-state index is -0.420. The predicted molar refractivity (Wildman–Crippen MR) is 105 cm³/mol. The highest BCUT2D eigenvalue weighted by atomic mass is 79.9. The highest BCUT2D eigenvalue weighted by Gasteiger charge is 2.28. The molecule has 8 heteroatoms. The highest BCUT2D eigenvalue weighted by molar-refractivity contribution is 9.10. The molecule has 0 saturated carbocycles. The number of aromatic nitrogens is 1. The summed E-state index contributed by atoms with van der Waals surface area (Å²) in [6, 6.07) is 10.3. The number of nitro groups is 1. The third kappa shape index (κ3) is 2.91. The maximum atomic E-state index is 10.9. The highest BCUT2D eigenvalue weighted by Crippen LogP contribution is 2.48. The molecule has 2 aromatic carbocycles. The Labute approximate surface area is 161 Å². The molecule has 4 rings (SSSR count). The van der Waals surface area contributed by atoms with Gasteiger partial charge >= 0.3 is 0 Å². The van der Waals surface area contributed by atoms with Gasteiger partial charge in [-0.25, -0.2) is 9.98 Å². The molecule has 0 N–H and O–H groups in total. The molecule has 0 fully saturated rings. The first-order valence-electron chi connectivity index (χ1n) is 7.71. The van der Waals surface area contributed by atoms with E-state index in [2.05, 4.69) is 25.9 Å². The summed E-state index contributed by atoms with van der Waals surface area (Å²) in [6.07, 6.45) is 2.38. The van der Waals surface area contributed by atoms with Crippen LogP contribution in [0.25, 0.3) is 11.3 Å². The summed E-state index contributed by atoms with van der Waals surface area (Å²) in [5.74, 6) is 0.793. The van der Waals surface area contributed by atoms with Crippen LogP contribution in [-0.4, -0.2) is 23.2 Å². The van der Waals surface area contributed by atoms with Crippen LogP contribution in [0.4, 0.5) is 10.8 Å². The zero-order valence-electron chi connectivity index (χ0n) is 13.6. The molecule has 0 bridgehead atoms. The van der Waals surface area contributed by atoms with E-state index in [0.717, 1.165) is 32.8 Å². The van der Waals surface area contributed by atoms with Gasteiger partial charge in [-0.15, -0.1) is 0 Å². The molecular weight excluding hydrogens is 418 g/mol. The molecule has 1 aliphatic rings. The average Bonchev–Trinajstić information content (AvgIpc) is 3.19. The molecule has 0 aliphatic heterocycles. The number of methoxy groups -OCH3 is 1. The maximum absolute atomic E-state index is 10.9. The monoisotopic (exact) mass is 429 g/mol. The lowest BCUT2D eigenvalue weighted by atomic mass is 10.1. The predicted octanol–water partition coefficient (Wildman–Crippen LogP) is 5.14. The second-order valence-electron chi connectivity index (χ2n) is 5.66. The van der Waals surface area contributed by atoms with Crippen molar-refractivity contribution in [2.24, 2.45) is 4.99 Å². The van der Waals surface area contributed by atoms with Crippen LogP contribution in [0.15, 0.2) is 45.9 Å². The Balaban J connectivity index is 1.67. The number of aliphatic imine (C=N–C) groups is 1. The van der Waals surface area contributed by atoms with Gasteiger partial charge in [0.2, 0.25) is 5.13 Å². The van der Waals surface area contributed by atoms with E-state index < -0.39 is 4.92 Å². The first-order chi connectivity index (χ1) is 12.6. The van der Waals surface area contributed by atoms with E-state index in [1.807, 2.05) is 12.1 Å². The Bertz CT molecular complexity index is 1060. The third-order valence-electron chi connectivity index (χ3n) is 4.10. The Morgan fingerprint density at radius 1 is 1.38 bits per heavy atom. The number of hydrogen-bond donors (Lipinski definition) is 0. The normalized spacial score (nSPS) is 12.2. The van der Waals surface area contributed by atoms with Crippen LogP contribution in [0.2, 0.25) is 0 Å². The molecule has 1 aromatic heterocycles. The fourth-order valence-electron chi connectivity index (χ4n) is 2.92. The summed E-state index contributed by atoms with van der Waals surface area (Å²) in [7, 11) is 1.65. The molecule has 0 saturated heterocycles. The van der Waals surface area contributed by atoms with E-state index in [1.165, 1.54) is 29.0 Å². The number of rotatable bonds is 4. The minimum Gasteiger partial charge on any atom is -0.496 e. The maximum Gasteiger partial charge on any atom is 0.270 e. The van der Waals surface area contributed by atoms with E-state index in [9.17, 15) is 10.1 Å². The Morgan fingerprint density at radius 3 is 3.00 bits per heavy atom. The van der Waals surface area contributed by atoms with Crippen molar-refractivity contribution in [2.45, 2.75) is 6.42 Å². The fourth-order valence-corrected chi connectivity index (χ4v) is 4.32. The third-order valence-corrected chi connectivity index (χ3v) is 5.81. The molecule has 6 nitrogen and oxygen atoms in total. The van der Waals surface area contributed by atoms with Crippen LogP contribution in [0.5, 0.6) is 5.75 Å². The lowest BCUT2D eigenvalue weighted by molar-refractivity contribution is -0.384. The minimum absolute atomic E-state index is 0.0408. The number of benzene rings is 2. The van der Waals surface area contributed by atoms with Gasteiger partial charge in [0.25, 0.3) is 5.69 Å². The van der Waals surface area contributed by atoms with Gasteiger partial charge in [0.15, 0.2) is 0 Å². The number of nitrogens with zero attached hydrogens (tertiary/aromatic N) is 3. The van der Waals surface area contributed by atoms with Gasteiger partial charge in [-0.3, -0.25) is 10.1 Å². The lowest BCUT2D eigenvalue weighted by Crippen LogP contribution is -1.90. The van der Waals surface area contributed by atoms with E-state index in [4.69, 9.17) is 4.74 Å². The largest absolute Gasteiger partial charge is 0.496 e. The smallest absolute Gasteiger partial charge is 0.270 e. The van der Waals surface area contributed by atoms with E-state index in [-0.39, 0.29) is 5.69 Å². The van der Waals surface area contributed by atoms with Crippen molar-refractivity contribution >= 4 is 44.3 Å². The van der Waals surface area contributed by atoms with E-state index in [0.29, 0.717) is 10.7 Å². The van der Waals surface area contributed by atoms with Crippen LogP contribution < -0.4 is 4.74 Å². The first kappa shape index (κ1) is 16.9. The molecule has 130 valence electrons. The van der Waals surface area contributed by atoms with Crippen molar-refractivity contribution in [3.8, 4) is 17.0 Å². The van der Waals surface area contributed by atoms with Crippen molar-refractivity contribution < 1.29 is 9.66 Å². The van der Waals surface area contributed by atoms with E-state index in [1.54, 1.807) is 25.5 Å². The SMILES string of the molecule is COc1ccc(Br)c2c1-c1nc(N=Cc3cccc([N+](=O)[O-])c3)sc1C2. The molecule has 1 aliphatic carbocycles. The van der Waals surface area contributed by atoms with Gasteiger partial charge in [0.05, 0.1) is 17.7 Å². The summed E-state index contributed by atoms with van der Waals surface area (Å²) >= 11 is 5.11. The van der Waals surface area contributed by atoms with Crippen LogP contribution in [-0.2, 0) is 6.42 Å². The van der Waals surface area contributed by atoms with Crippen LogP contribution in [0.1, 0.15) is 16.0 Å². The molecular formula is C18H12BrN3O3S. The van der Waals surface area contributed by atoms with Crippen LogP contribution >= 0.6 is 27.3 Å². The lowest BCUT2D eigenvalue weighted by Gasteiger charge is -2.08. The van der Waals surface area contributed by atoms with Crippen molar-refractivity contribution in [2.75, 3.05) is 7.11 Å². The van der Waals surface area contributed by atoms with Gasteiger partial charge < -0.3 is 4.74 Å². The van der Waals surface area contributed by atoms with Crippen LogP contribution in [0.3, 0.4) is 0 Å². The molecule has 1 heterocycles. The standard InChI is InChI=1S/C18H12BrN3O3S/c1-25-14-6-5-13(19)12-8-15-17(16(12)14)21-18(26-15)20-9-10-3-2-4-11(7-10)22(23)24/h2-7,9H,8H2,1H3. The Hall–Kier alpha value is -2.58. The average molecular weight is 430 g/mol. The molecule has 0 atom stereocenters. The van der Waals surface area contributed by atoms with Gasteiger partial charge in [-0.05, 0) is 23.3 Å². The number of halogens is 1. The van der Waals surface area contributed by atoms with Gasteiger partial charge in [0.1, 0.15) is 5.75 Å². The first-order valence-corrected chi connectivity index (χ1v) is 9.31. The number of thiazole rings is 1. The fraction of sp³-hybridized carbons (Fsp3) is 0.111. The zero-order chi connectivity index (χ0) is 18.3. The number of fused-ring (bicyclic) bond motifs is 3. The Kier molecular flexibility index (Phi) is 4.29. The van der Waals surface area contributed by atoms with Crippen molar-refractivity contribution in [1.29, 1.82) is 0 Å². The number of nitro benzene ring substituents is 1. The van der Waals surface area contributed by atoms with Crippen molar-refractivity contribution in [3.63, 3.8) is 0 Å². The molecule has 0 spiro atoms. The van der Waals surface area contributed by atoms with Crippen molar-refractivity contribution in [3.05, 3.63) is 67.0 Å². The van der Waals surface area contributed by atoms with Crippen molar-refractivity contribution in [1.82, 2.24) is 4.98 Å². The molecule has 3 aromatic rings. The zero-order valence-corrected chi connectivity index (χ0v) is 16.0. The number of non-ortho nitro benzene ring substituents is 1. The molecule has 0 radical (unpaired) electrons. The quantitative estimate of drug-likeness (QED) is 0.255. The van der Waals surface area contributed by atoms with Crippen LogP contribution in [0, 0.1) is 10.1 Å². The second-order valence-corrected chi connectivity index (χ2v) is 7.57. The van der Waals surface area contributed by atoms with Gasteiger partial charge in [0, 0.05) is 39.7 Å². The summed E-state index contributed by atoms with van der Waals surface area (Å²) in [5, 5.41) is 11.5. The van der Waals surface area contributed by atoms with Gasteiger partial charge in [-0.2, -0.15) is 0 Å². The topological polar surface area (TPSA) is 77.6 Å². The molecule has 0 amide bonds. The summed E-state index contributed by atoms with van der Waals surface area (Å²) in [5.41, 5.74) is 3.78. The second kappa shape index (κ2) is 6.62. The van der Waals surface area contributed by atoms with Gasteiger partial charge in [-0.1, -0.05) is 39.4 Å². The Morgan fingerprint density at radius 2 is 2.23 bits per heavy atom. The molecule has 26 heavy (non-hydrogen) atoms. The molecule has 0 unspecified atom stereocenters.